The van der Waals surface area contributed by atoms with E-state index in [4.69, 9.17) is 0 Å². The van der Waals surface area contributed by atoms with Crippen molar-refractivity contribution in [2.75, 3.05) is 38.2 Å². The second-order valence-corrected chi connectivity index (χ2v) is 6.12. The molecule has 7 heteroatoms. The number of amides is 1. The van der Waals surface area contributed by atoms with Crippen LogP contribution in [0.15, 0.2) is 24.3 Å². The standard InChI is InChI=1S/C16H19F3N2O2/c1-23-15(16(17,18)19)10-20(11-15)9-14(22)21-8-4-6-12-5-2-3-7-13(12)21/h2-3,5,7H,4,6,8-11H2,1H3. The van der Waals surface area contributed by atoms with Crippen molar-refractivity contribution in [3.8, 4) is 0 Å². The van der Waals surface area contributed by atoms with Crippen LogP contribution in [0.5, 0.6) is 0 Å². The number of nitrogens with zero attached hydrogens (tertiary/aromatic N) is 2. The van der Waals surface area contributed by atoms with Crippen LogP contribution < -0.4 is 4.90 Å². The maximum absolute atomic E-state index is 13.0. The zero-order valence-electron chi connectivity index (χ0n) is 12.9. The molecule has 2 heterocycles. The van der Waals surface area contributed by atoms with Crippen LogP contribution in [0.25, 0.3) is 0 Å². The lowest BCUT2D eigenvalue weighted by Gasteiger charge is -2.49. The molecule has 0 N–H and O–H groups in total. The Hall–Kier alpha value is -1.60. The number of anilines is 1. The van der Waals surface area contributed by atoms with Crippen LogP contribution in [-0.2, 0) is 16.0 Å². The normalized spacial score (nSPS) is 20.8. The Morgan fingerprint density at radius 3 is 2.65 bits per heavy atom. The van der Waals surface area contributed by atoms with Crippen molar-refractivity contribution >= 4 is 11.6 Å². The molecule has 0 aliphatic carbocycles. The Bertz CT molecular complexity index is 597. The number of halogens is 3. The molecule has 2 aliphatic rings. The van der Waals surface area contributed by atoms with Gasteiger partial charge in [0, 0.05) is 32.4 Å². The first-order valence-corrected chi connectivity index (χ1v) is 7.59. The fourth-order valence-electron chi connectivity index (χ4n) is 3.28. The van der Waals surface area contributed by atoms with Crippen molar-refractivity contribution in [1.82, 2.24) is 4.90 Å². The third-order valence-corrected chi connectivity index (χ3v) is 4.64. The Balaban J connectivity index is 1.64. The number of rotatable bonds is 3. The fourth-order valence-corrected chi connectivity index (χ4v) is 3.28. The number of ether oxygens (including phenoxy) is 1. The third-order valence-electron chi connectivity index (χ3n) is 4.64. The summed E-state index contributed by atoms with van der Waals surface area (Å²) in [6.45, 7) is -0.00362. The summed E-state index contributed by atoms with van der Waals surface area (Å²) in [5, 5.41) is 0. The van der Waals surface area contributed by atoms with Gasteiger partial charge in [-0.1, -0.05) is 18.2 Å². The maximum Gasteiger partial charge on any atom is 0.419 e. The average molecular weight is 328 g/mol. The highest BCUT2D eigenvalue weighted by Gasteiger charge is 2.62. The Morgan fingerprint density at radius 2 is 2.00 bits per heavy atom. The van der Waals surface area contributed by atoms with E-state index in [1.807, 2.05) is 24.3 Å². The maximum atomic E-state index is 13.0. The monoisotopic (exact) mass is 328 g/mol. The summed E-state index contributed by atoms with van der Waals surface area (Å²) in [5.74, 6) is -0.163. The minimum Gasteiger partial charge on any atom is -0.366 e. The van der Waals surface area contributed by atoms with Crippen LogP contribution in [0.3, 0.4) is 0 Å². The summed E-state index contributed by atoms with van der Waals surface area (Å²) in [6.07, 6.45) is -2.63. The highest BCUT2D eigenvalue weighted by Crippen LogP contribution is 2.40. The van der Waals surface area contributed by atoms with Gasteiger partial charge in [0.05, 0.1) is 6.54 Å². The van der Waals surface area contributed by atoms with E-state index >= 15 is 0 Å². The minimum atomic E-state index is -4.42. The minimum absolute atomic E-state index is 0.0183. The summed E-state index contributed by atoms with van der Waals surface area (Å²) >= 11 is 0. The van der Waals surface area contributed by atoms with Crippen LogP contribution in [-0.4, -0.2) is 55.9 Å². The zero-order chi connectivity index (χ0) is 16.7. The SMILES string of the molecule is COC1(C(F)(F)F)CN(CC(=O)N2CCCc3ccccc32)C1. The lowest BCUT2D eigenvalue weighted by Crippen LogP contribution is -2.71. The highest BCUT2D eigenvalue weighted by atomic mass is 19.4. The summed E-state index contributed by atoms with van der Waals surface area (Å²) in [5.41, 5.74) is -0.150. The van der Waals surface area contributed by atoms with Gasteiger partial charge in [-0.25, -0.2) is 0 Å². The van der Waals surface area contributed by atoms with E-state index < -0.39 is 11.8 Å². The number of hydrogen-bond acceptors (Lipinski definition) is 3. The van der Waals surface area contributed by atoms with Crippen molar-refractivity contribution in [2.45, 2.75) is 24.6 Å². The smallest absolute Gasteiger partial charge is 0.366 e. The van der Waals surface area contributed by atoms with Crippen molar-refractivity contribution < 1.29 is 22.7 Å². The van der Waals surface area contributed by atoms with E-state index in [0.29, 0.717) is 6.54 Å². The first-order chi connectivity index (χ1) is 10.9. The summed E-state index contributed by atoms with van der Waals surface area (Å²) in [4.78, 5) is 15.6. The Morgan fingerprint density at radius 1 is 1.30 bits per heavy atom. The van der Waals surface area contributed by atoms with Crippen LogP contribution >= 0.6 is 0 Å². The molecule has 126 valence electrons. The van der Waals surface area contributed by atoms with Gasteiger partial charge in [0.25, 0.3) is 0 Å². The molecule has 0 radical (unpaired) electrons. The predicted molar refractivity (Wildman–Crippen MR) is 79.4 cm³/mol. The number of aryl methyl sites for hydroxylation is 1. The molecule has 1 saturated heterocycles. The van der Waals surface area contributed by atoms with Crippen molar-refractivity contribution in [2.24, 2.45) is 0 Å². The molecule has 1 fully saturated rings. The van der Waals surface area contributed by atoms with Gasteiger partial charge in [-0.3, -0.25) is 9.69 Å². The topological polar surface area (TPSA) is 32.8 Å². The number of fused-ring (bicyclic) bond motifs is 1. The van der Waals surface area contributed by atoms with E-state index in [-0.39, 0.29) is 25.5 Å². The second-order valence-electron chi connectivity index (χ2n) is 6.12. The van der Waals surface area contributed by atoms with Gasteiger partial charge in [-0.05, 0) is 24.5 Å². The van der Waals surface area contributed by atoms with Crippen molar-refractivity contribution in [1.29, 1.82) is 0 Å². The number of hydrogen-bond donors (Lipinski definition) is 0. The number of carbonyl (C=O) groups is 1. The average Bonchev–Trinajstić information content (AvgIpc) is 2.48. The third kappa shape index (κ3) is 2.83. The molecule has 1 aromatic carbocycles. The number of carbonyl (C=O) groups excluding carboxylic acids is 1. The van der Waals surface area contributed by atoms with Crippen molar-refractivity contribution in [3.63, 3.8) is 0 Å². The first-order valence-electron chi connectivity index (χ1n) is 7.59. The van der Waals surface area contributed by atoms with Crippen LogP contribution in [0.2, 0.25) is 0 Å². The van der Waals surface area contributed by atoms with Gasteiger partial charge in [-0.15, -0.1) is 0 Å². The van der Waals surface area contributed by atoms with Gasteiger partial charge >= 0.3 is 6.18 Å². The van der Waals surface area contributed by atoms with Crippen LogP contribution in [0.1, 0.15) is 12.0 Å². The Kier molecular flexibility index (Phi) is 4.10. The van der Waals surface area contributed by atoms with Gasteiger partial charge < -0.3 is 9.64 Å². The summed E-state index contributed by atoms with van der Waals surface area (Å²) in [7, 11) is 1.06. The quantitative estimate of drug-likeness (QED) is 0.853. The van der Waals surface area contributed by atoms with E-state index in [0.717, 1.165) is 31.2 Å². The molecule has 0 aromatic heterocycles. The van der Waals surface area contributed by atoms with Crippen molar-refractivity contribution in [3.05, 3.63) is 29.8 Å². The lowest BCUT2D eigenvalue weighted by molar-refractivity contribution is -0.309. The molecule has 0 saturated carbocycles. The fraction of sp³-hybridized carbons (Fsp3) is 0.562. The summed E-state index contributed by atoms with van der Waals surface area (Å²) < 4.78 is 43.6. The molecule has 4 nitrogen and oxygen atoms in total. The Labute approximate surface area is 132 Å². The van der Waals surface area contributed by atoms with E-state index in [1.54, 1.807) is 4.90 Å². The zero-order valence-corrected chi connectivity index (χ0v) is 12.9. The van der Waals surface area contributed by atoms with Gasteiger partial charge in [-0.2, -0.15) is 13.2 Å². The molecule has 1 amide bonds. The number of para-hydroxylation sites is 1. The van der Waals surface area contributed by atoms with Crippen LogP contribution in [0.4, 0.5) is 18.9 Å². The molecule has 3 rings (SSSR count). The lowest BCUT2D eigenvalue weighted by atomic mass is 9.93. The first kappa shape index (κ1) is 16.3. The molecular weight excluding hydrogens is 309 g/mol. The number of alkyl halides is 3. The van der Waals surface area contributed by atoms with Gasteiger partial charge in [0.2, 0.25) is 5.91 Å². The molecule has 0 spiro atoms. The molecule has 0 bridgehead atoms. The van der Waals surface area contributed by atoms with E-state index in [1.165, 1.54) is 4.90 Å². The van der Waals surface area contributed by atoms with Crippen LogP contribution in [0, 0.1) is 0 Å². The van der Waals surface area contributed by atoms with E-state index in [9.17, 15) is 18.0 Å². The summed E-state index contributed by atoms with van der Waals surface area (Å²) in [6, 6.07) is 7.67. The number of likely N-dealkylation sites (tertiary alicyclic amines) is 1. The molecular formula is C16H19F3N2O2. The molecule has 0 atom stereocenters. The highest BCUT2D eigenvalue weighted by molar-refractivity contribution is 5.96. The second kappa shape index (κ2) is 5.79. The molecule has 23 heavy (non-hydrogen) atoms. The van der Waals surface area contributed by atoms with Gasteiger partial charge in [0.15, 0.2) is 5.60 Å². The number of benzene rings is 1. The molecule has 2 aliphatic heterocycles. The van der Waals surface area contributed by atoms with Gasteiger partial charge in [0.1, 0.15) is 0 Å². The van der Waals surface area contributed by atoms with E-state index in [2.05, 4.69) is 4.74 Å². The predicted octanol–water partition coefficient (Wildman–Crippen LogP) is 2.23. The number of methoxy groups -OCH3 is 1. The molecule has 0 unspecified atom stereocenters. The molecule has 1 aromatic rings. The largest absolute Gasteiger partial charge is 0.419 e.